The molecule has 0 unspecified atom stereocenters. The van der Waals surface area contributed by atoms with Gasteiger partial charge in [0.15, 0.2) is 10.1 Å². The SMILES string of the molecule is CCCCn1c(SCc2cc(=O)n3ccsc3n2)nc2cc(S(N)(=O)=O)ccc21. The molecule has 0 aliphatic heterocycles. The number of primary sulfonamides is 1. The quantitative estimate of drug-likeness (QED) is 0.434. The molecule has 4 rings (SSSR count). The molecule has 8 nitrogen and oxygen atoms in total. The van der Waals surface area contributed by atoms with Crippen molar-refractivity contribution in [2.24, 2.45) is 5.14 Å². The van der Waals surface area contributed by atoms with Crippen LogP contribution in [0.15, 0.2) is 50.7 Å². The van der Waals surface area contributed by atoms with E-state index >= 15 is 0 Å². The first-order valence-corrected chi connectivity index (χ1v) is 12.4. The molecular formula is C18H19N5O3S3. The standard InChI is InChI=1S/C18H19N5O3S3/c1-2-3-6-22-15-5-4-13(29(19,25)26)10-14(15)21-18(22)28-11-12-9-16(24)23-7-8-27-17(23)20-12/h4-5,7-10H,2-3,6,11H2,1H3,(H2,19,25,26). The van der Waals surface area contributed by atoms with Gasteiger partial charge in [0, 0.05) is 29.9 Å². The molecule has 0 amide bonds. The fourth-order valence-electron chi connectivity index (χ4n) is 3.01. The van der Waals surface area contributed by atoms with Crippen LogP contribution in [0.2, 0.25) is 0 Å². The van der Waals surface area contributed by atoms with Crippen LogP contribution >= 0.6 is 23.1 Å². The molecule has 0 atom stereocenters. The summed E-state index contributed by atoms with van der Waals surface area (Å²) in [5, 5.41) is 7.84. The number of aromatic nitrogens is 4. The van der Waals surface area contributed by atoms with Crippen LogP contribution in [0.3, 0.4) is 0 Å². The number of nitrogens with zero attached hydrogens (tertiary/aromatic N) is 4. The Morgan fingerprint density at radius 3 is 2.83 bits per heavy atom. The number of benzene rings is 1. The summed E-state index contributed by atoms with van der Waals surface area (Å²) in [5.74, 6) is 0.487. The van der Waals surface area contributed by atoms with E-state index in [0.29, 0.717) is 21.9 Å². The monoisotopic (exact) mass is 449 g/mol. The third-order valence-electron chi connectivity index (χ3n) is 4.45. The average Bonchev–Trinajstić information content (AvgIpc) is 3.28. The van der Waals surface area contributed by atoms with Gasteiger partial charge in [0.2, 0.25) is 10.0 Å². The molecule has 0 aliphatic rings. The zero-order valence-electron chi connectivity index (χ0n) is 15.6. The van der Waals surface area contributed by atoms with Crippen molar-refractivity contribution in [3.63, 3.8) is 0 Å². The fraction of sp³-hybridized carbons (Fsp3) is 0.278. The van der Waals surface area contributed by atoms with Crippen LogP contribution in [0.25, 0.3) is 16.0 Å². The molecule has 0 saturated heterocycles. The van der Waals surface area contributed by atoms with Crippen LogP contribution in [-0.2, 0) is 22.3 Å². The number of rotatable bonds is 7. The van der Waals surface area contributed by atoms with Gasteiger partial charge in [-0.05, 0) is 24.6 Å². The Hall–Kier alpha value is -2.21. The number of hydrogen-bond donors (Lipinski definition) is 1. The smallest absolute Gasteiger partial charge is 0.258 e. The highest BCUT2D eigenvalue weighted by Crippen LogP contribution is 2.28. The van der Waals surface area contributed by atoms with Crippen molar-refractivity contribution >= 4 is 49.1 Å². The highest BCUT2D eigenvalue weighted by Gasteiger charge is 2.16. The molecule has 3 aromatic heterocycles. The van der Waals surface area contributed by atoms with Gasteiger partial charge in [-0.15, -0.1) is 11.3 Å². The molecule has 0 fully saturated rings. The summed E-state index contributed by atoms with van der Waals surface area (Å²) >= 11 is 2.89. The predicted octanol–water partition coefficient (Wildman–Crippen LogP) is 2.85. The Labute approximate surface area is 175 Å². The van der Waals surface area contributed by atoms with Crippen LogP contribution < -0.4 is 10.7 Å². The maximum atomic E-state index is 12.2. The third-order valence-corrected chi connectivity index (χ3v) is 7.13. The van der Waals surface area contributed by atoms with Gasteiger partial charge in [-0.3, -0.25) is 9.20 Å². The first-order chi connectivity index (χ1) is 13.9. The molecule has 29 heavy (non-hydrogen) atoms. The number of sulfonamides is 1. The first-order valence-electron chi connectivity index (χ1n) is 8.98. The molecule has 0 radical (unpaired) electrons. The highest BCUT2D eigenvalue weighted by molar-refractivity contribution is 7.98. The van der Waals surface area contributed by atoms with Crippen molar-refractivity contribution in [3.8, 4) is 0 Å². The van der Waals surface area contributed by atoms with Gasteiger partial charge in [0.25, 0.3) is 5.56 Å². The molecule has 4 aromatic rings. The zero-order chi connectivity index (χ0) is 20.6. The van der Waals surface area contributed by atoms with Crippen LogP contribution in [-0.4, -0.2) is 27.4 Å². The van der Waals surface area contributed by atoms with Crippen LogP contribution in [0.4, 0.5) is 0 Å². The Morgan fingerprint density at radius 2 is 2.07 bits per heavy atom. The first kappa shape index (κ1) is 20.1. The van der Waals surface area contributed by atoms with Gasteiger partial charge >= 0.3 is 0 Å². The van der Waals surface area contributed by atoms with E-state index < -0.39 is 10.0 Å². The minimum atomic E-state index is -3.79. The summed E-state index contributed by atoms with van der Waals surface area (Å²) < 4.78 is 26.9. The summed E-state index contributed by atoms with van der Waals surface area (Å²) in [6, 6.07) is 6.28. The van der Waals surface area contributed by atoms with E-state index in [0.717, 1.165) is 30.1 Å². The lowest BCUT2D eigenvalue weighted by Gasteiger charge is -2.08. The molecule has 11 heteroatoms. The summed E-state index contributed by atoms with van der Waals surface area (Å²) in [4.78, 5) is 22.0. The summed E-state index contributed by atoms with van der Waals surface area (Å²) in [6.45, 7) is 2.88. The second-order valence-corrected chi connectivity index (χ2v) is 9.90. The molecule has 0 saturated carbocycles. The normalized spacial score (nSPS) is 12.2. The van der Waals surface area contributed by atoms with Crippen molar-refractivity contribution < 1.29 is 8.42 Å². The number of unbranched alkanes of at least 4 members (excludes halogenated alkanes) is 1. The maximum absolute atomic E-state index is 12.2. The van der Waals surface area contributed by atoms with Gasteiger partial charge in [0.05, 0.1) is 21.6 Å². The summed E-state index contributed by atoms with van der Waals surface area (Å²) in [6.07, 6.45) is 3.70. The van der Waals surface area contributed by atoms with Crippen molar-refractivity contribution in [3.05, 3.63) is 51.9 Å². The average molecular weight is 450 g/mol. The maximum Gasteiger partial charge on any atom is 0.258 e. The van der Waals surface area contributed by atoms with E-state index in [2.05, 4.69) is 21.5 Å². The van der Waals surface area contributed by atoms with E-state index in [9.17, 15) is 13.2 Å². The number of imidazole rings is 1. The second kappa shape index (κ2) is 7.90. The van der Waals surface area contributed by atoms with E-state index in [1.165, 1.54) is 45.7 Å². The van der Waals surface area contributed by atoms with Gasteiger partial charge in [0.1, 0.15) is 0 Å². The lowest BCUT2D eigenvalue weighted by Crippen LogP contribution is -2.12. The molecular weight excluding hydrogens is 430 g/mol. The predicted molar refractivity (Wildman–Crippen MR) is 115 cm³/mol. The minimum Gasteiger partial charge on any atom is -0.319 e. The molecule has 0 bridgehead atoms. The van der Waals surface area contributed by atoms with Gasteiger partial charge in [-0.2, -0.15) is 0 Å². The Morgan fingerprint density at radius 1 is 1.24 bits per heavy atom. The molecule has 0 spiro atoms. The number of hydrogen-bond acceptors (Lipinski definition) is 7. The number of fused-ring (bicyclic) bond motifs is 2. The molecule has 3 heterocycles. The topological polar surface area (TPSA) is 112 Å². The Balaban J connectivity index is 1.69. The van der Waals surface area contributed by atoms with Crippen molar-refractivity contribution in [1.29, 1.82) is 0 Å². The van der Waals surface area contributed by atoms with Gasteiger partial charge in [-0.25, -0.2) is 23.5 Å². The second-order valence-electron chi connectivity index (χ2n) is 6.53. The van der Waals surface area contributed by atoms with E-state index in [1.54, 1.807) is 12.3 Å². The Bertz CT molecular complexity index is 1350. The summed E-state index contributed by atoms with van der Waals surface area (Å²) in [7, 11) is -3.79. The van der Waals surface area contributed by atoms with Crippen molar-refractivity contribution in [1.82, 2.24) is 18.9 Å². The van der Waals surface area contributed by atoms with Crippen molar-refractivity contribution in [2.45, 2.75) is 42.1 Å². The van der Waals surface area contributed by atoms with E-state index in [-0.39, 0.29) is 10.5 Å². The molecule has 0 aliphatic carbocycles. The molecule has 152 valence electrons. The fourth-order valence-corrected chi connectivity index (χ4v) is 5.21. The Kier molecular flexibility index (Phi) is 5.47. The lowest BCUT2D eigenvalue weighted by atomic mass is 10.3. The zero-order valence-corrected chi connectivity index (χ0v) is 18.1. The van der Waals surface area contributed by atoms with E-state index in [1.807, 2.05) is 5.38 Å². The molecule has 1 aromatic carbocycles. The lowest BCUT2D eigenvalue weighted by molar-refractivity contribution is 0.597. The van der Waals surface area contributed by atoms with Crippen LogP contribution in [0.1, 0.15) is 25.5 Å². The highest BCUT2D eigenvalue weighted by atomic mass is 32.2. The van der Waals surface area contributed by atoms with Crippen molar-refractivity contribution in [2.75, 3.05) is 0 Å². The number of aryl methyl sites for hydroxylation is 1. The van der Waals surface area contributed by atoms with E-state index in [4.69, 9.17) is 5.14 Å². The third kappa shape index (κ3) is 4.08. The summed E-state index contributed by atoms with van der Waals surface area (Å²) in [5.41, 5.74) is 2.01. The number of thioether (sulfide) groups is 1. The van der Waals surface area contributed by atoms with Crippen LogP contribution in [0.5, 0.6) is 0 Å². The van der Waals surface area contributed by atoms with Gasteiger partial charge in [-0.1, -0.05) is 25.1 Å². The minimum absolute atomic E-state index is 0.0412. The van der Waals surface area contributed by atoms with Gasteiger partial charge < -0.3 is 4.57 Å². The largest absolute Gasteiger partial charge is 0.319 e. The number of thiazole rings is 1. The van der Waals surface area contributed by atoms with Crippen LogP contribution in [0, 0.1) is 0 Å². The molecule has 2 N–H and O–H groups in total. The number of nitrogens with two attached hydrogens (primary N) is 1.